The summed E-state index contributed by atoms with van der Waals surface area (Å²) in [5.74, 6) is 1.43. The summed E-state index contributed by atoms with van der Waals surface area (Å²) in [6.45, 7) is 0. The number of carbonyl (C=O) groups excluding carboxylic acids is 1. The second-order valence-corrected chi connectivity index (χ2v) is 4.18. The maximum Gasteiger partial charge on any atom is 0.153 e. The molecule has 1 aliphatic rings. The Morgan fingerprint density at radius 3 is 2.20 bits per heavy atom. The Hall–Kier alpha value is -1.25. The summed E-state index contributed by atoms with van der Waals surface area (Å²) in [6, 6.07) is 0. The van der Waals surface area contributed by atoms with Crippen molar-refractivity contribution in [2.45, 2.75) is 44.4 Å². The summed E-state index contributed by atoms with van der Waals surface area (Å²) in [5, 5.41) is 0. The fraction of sp³-hybridized carbons (Fsp3) is 0.583. The second kappa shape index (κ2) is 5.01. The van der Waals surface area contributed by atoms with E-state index in [4.69, 9.17) is 0 Å². The molecular weight excluding hydrogens is 188 g/mol. The van der Waals surface area contributed by atoms with E-state index in [1.165, 1.54) is 38.5 Å². The first-order chi connectivity index (χ1) is 7.40. The molecular formula is C12H16N2O. The van der Waals surface area contributed by atoms with Gasteiger partial charge in [0.1, 0.15) is 5.82 Å². The van der Waals surface area contributed by atoms with Crippen LogP contribution in [0.25, 0.3) is 0 Å². The third kappa shape index (κ3) is 2.61. The average molecular weight is 204 g/mol. The summed E-state index contributed by atoms with van der Waals surface area (Å²) >= 11 is 0. The zero-order valence-electron chi connectivity index (χ0n) is 8.85. The predicted molar refractivity (Wildman–Crippen MR) is 57.9 cm³/mol. The van der Waals surface area contributed by atoms with E-state index in [-0.39, 0.29) is 0 Å². The van der Waals surface area contributed by atoms with Crippen LogP contribution in [0.2, 0.25) is 0 Å². The van der Waals surface area contributed by atoms with Crippen molar-refractivity contribution in [1.82, 2.24) is 9.97 Å². The zero-order valence-corrected chi connectivity index (χ0v) is 8.85. The van der Waals surface area contributed by atoms with E-state index < -0.39 is 0 Å². The molecule has 1 aromatic rings. The molecule has 3 heteroatoms. The van der Waals surface area contributed by atoms with Gasteiger partial charge in [-0.1, -0.05) is 25.7 Å². The summed E-state index contributed by atoms with van der Waals surface area (Å²) in [7, 11) is 0. The smallest absolute Gasteiger partial charge is 0.153 e. The Kier molecular flexibility index (Phi) is 3.43. The fourth-order valence-corrected chi connectivity index (χ4v) is 2.16. The molecule has 3 nitrogen and oxygen atoms in total. The van der Waals surface area contributed by atoms with Crippen LogP contribution in [0.3, 0.4) is 0 Å². The Morgan fingerprint density at radius 1 is 1.07 bits per heavy atom. The van der Waals surface area contributed by atoms with Crippen LogP contribution < -0.4 is 0 Å². The molecule has 80 valence electrons. The lowest BCUT2D eigenvalue weighted by molar-refractivity contribution is 0.112. The van der Waals surface area contributed by atoms with Crippen molar-refractivity contribution in [3.8, 4) is 0 Å². The maximum absolute atomic E-state index is 10.5. The van der Waals surface area contributed by atoms with E-state index in [1.807, 2.05) is 0 Å². The van der Waals surface area contributed by atoms with Gasteiger partial charge in [0, 0.05) is 18.3 Å². The largest absolute Gasteiger partial charge is 0.298 e. The minimum absolute atomic E-state index is 0.508. The molecule has 0 unspecified atom stereocenters. The van der Waals surface area contributed by atoms with Gasteiger partial charge in [-0.15, -0.1) is 0 Å². The van der Waals surface area contributed by atoms with Crippen LogP contribution in [0.5, 0.6) is 0 Å². The van der Waals surface area contributed by atoms with E-state index >= 15 is 0 Å². The molecule has 1 aromatic heterocycles. The van der Waals surface area contributed by atoms with Crippen LogP contribution in [0.4, 0.5) is 0 Å². The molecule has 15 heavy (non-hydrogen) atoms. The molecule has 0 aliphatic heterocycles. The van der Waals surface area contributed by atoms with Gasteiger partial charge in [-0.25, -0.2) is 9.97 Å². The molecule has 0 N–H and O–H groups in total. The van der Waals surface area contributed by atoms with E-state index in [9.17, 15) is 4.79 Å². The van der Waals surface area contributed by atoms with Gasteiger partial charge in [0.25, 0.3) is 0 Å². The van der Waals surface area contributed by atoms with Crippen molar-refractivity contribution in [2.75, 3.05) is 0 Å². The number of hydrogen-bond donors (Lipinski definition) is 0. The minimum Gasteiger partial charge on any atom is -0.298 e. The fourth-order valence-electron chi connectivity index (χ4n) is 2.16. The number of hydrogen-bond acceptors (Lipinski definition) is 3. The van der Waals surface area contributed by atoms with Gasteiger partial charge >= 0.3 is 0 Å². The molecule has 1 aliphatic carbocycles. The van der Waals surface area contributed by atoms with Crippen molar-refractivity contribution in [2.24, 2.45) is 0 Å². The Labute approximate surface area is 89.9 Å². The SMILES string of the molecule is O=Cc1cnc(C2CCCCCC2)nc1. The highest BCUT2D eigenvalue weighted by Gasteiger charge is 2.16. The summed E-state index contributed by atoms with van der Waals surface area (Å²) < 4.78 is 0. The first kappa shape index (κ1) is 10.3. The molecule has 0 amide bonds. The van der Waals surface area contributed by atoms with E-state index in [1.54, 1.807) is 12.4 Å². The molecule has 0 spiro atoms. The lowest BCUT2D eigenvalue weighted by Gasteiger charge is -2.11. The number of nitrogens with zero attached hydrogens (tertiary/aromatic N) is 2. The maximum atomic E-state index is 10.5. The molecule has 1 heterocycles. The predicted octanol–water partition coefficient (Wildman–Crippen LogP) is 2.73. The normalized spacial score (nSPS) is 18.4. The summed E-state index contributed by atoms with van der Waals surface area (Å²) in [6.07, 6.45) is 11.7. The van der Waals surface area contributed by atoms with Gasteiger partial charge in [0.15, 0.2) is 6.29 Å². The first-order valence-electron chi connectivity index (χ1n) is 5.67. The molecule has 0 bridgehead atoms. The highest BCUT2D eigenvalue weighted by molar-refractivity contribution is 5.73. The van der Waals surface area contributed by atoms with Gasteiger partial charge in [-0.05, 0) is 12.8 Å². The van der Waals surface area contributed by atoms with E-state index in [0.29, 0.717) is 11.5 Å². The van der Waals surface area contributed by atoms with Crippen molar-refractivity contribution in [3.05, 3.63) is 23.8 Å². The number of rotatable bonds is 2. The standard InChI is InChI=1S/C12H16N2O/c15-9-10-7-13-12(14-8-10)11-5-3-1-2-4-6-11/h7-9,11H,1-6H2. The second-order valence-electron chi connectivity index (χ2n) is 4.18. The monoisotopic (exact) mass is 204 g/mol. The van der Waals surface area contributed by atoms with Crippen molar-refractivity contribution in [3.63, 3.8) is 0 Å². The molecule has 0 radical (unpaired) electrons. The third-order valence-corrected chi connectivity index (χ3v) is 3.05. The quantitative estimate of drug-likeness (QED) is 0.549. The highest BCUT2D eigenvalue weighted by atomic mass is 16.1. The number of aldehydes is 1. The van der Waals surface area contributed by atoms with Crippen LogP contribution >= 0.6 is 0 Å². The Bertz CT molecular complexity index is 313. The topological polar surface area (TPSA) is 42.9 Å². The summed E-state index contributed by atoms with van der Waals surface area (Å²) in [4.78, 5) is 19.0. The van der Waals surface area contributed by atoms with Gasteiger partial charge in [0.05, 0.1) is 5.56 Å². The van der Waals surface area contributed by atoms with Crippen molar-refractivity contribution >= 4 is 6.29 Å². The number of carbonyl (C=O) groups is 1. The molecule has 0 aromatic carbocycles. The first-order valence-corrected chi connectivity index (χ1v) is 5.67. The molecule has 2 rings (SSSR count). The van der Waals surface area contributed by atoms with Gasteiger partial charge in [0.2, 0.25) is 0 Å². The lowest BCUT2D eigenvalue weighted by Crippen LogP contribution is -2.03. The van der Waals surface area contributed by atoms with Gasteiger partial charge in [-0.2, -0.15) is 0 Å². The third-order valence-electron chi connectivity index (χ3n) is 3.05. The molecule has 1 saturated carbocycles. The Balaban J connectivity index is 2.09. The molecule has 0 saturated heterocycles. The highest BCUT2D eigenvalue weighted by Crippen LogP contribution is 2.29. The van der Waals surface area contributed by atoms with Crippen LogP contribution in [-0.4, -0.2) is 16.3 Å². The minimum atomic E-state index is 0.508. The van der Waals surface area contributed by atoms with E-state index in [2.05, 4.69) is 9.97 Å². The average Bonchev–Trinajstić information content (AvgIpc) is 2.58. The molecule has 1 fully saturated rings. The van der Waals surface area contributed by atoms with Crippen LogP contribution in [0, 0.1) is 0 Å². The van der Waals surface area contributed by atoms with Gasteiger partial charge < -0.3 is 0 Å². The lowest BCUT2D eigenvalue weighted by atomic mass is 9.99. The van der Waals surface area contributed by atoms with Crippen LogP contribution in [0.1, 0.15) is 60.6 Å². The van der Waals surface area contributed by atoms with Crippen LogP contribution in [0.15, 0.2) is 12.4 Å². The molecule has 0 atom stereocenters. The number of aromatic nitrogens is 2. The van der Waals surface area contributed by atoms with Gasteiger partial charge in [-0.3, -0.25) is 4.79 Å². The Morgan fingerprint density at radius 2 is 1.67 bits per heavy atom. The van der Waals surface area contributed by atoms with E-state index in [0.717, 1.165) is 12.1 Å². The zero-order chi connectivity index (χ0) is 10.5. The summed E-state index contributed by atoms with van der Waals surface area (Å²) in [5.41, 5.74) is 0.562. The van der Waals surface area contributed by atoms with Crippen molar-refractivity contribution < 1.29 is 4.79 Å². The van der Waals surface area contributed by atoms with Crippen LogP contribution in [-0.2, 0) is 0 Å². The van der Waals surface area contributed by atoms with Crippen molar-refractivity contribution in [1.29, 1.82) is 0 Å².